The molecule has 1 saturated heterocycles. The molecule has 2 heterocycles. The van der Waals surface area contributed by atoms with Gasteiger partial charge in [0.2, 0.25) is 0 Å². The second kappa shape index (κ2) is 6.52. The van der Waals surface area contributed by atoms with Gasteiger partial charge in [0.1, 0.15) is 0 Å². The molecule has 1 aromatic heterocycles. The number of carbonyl (C=O) groups excluding carboxylic acids is 1. The number of esters is 1. The molecule has 25 heavy (non-hydrogen) atoms. The van der Waals surface area contributed by atoms with Crippen molar-refractivity contribution in [3.63, 3.8) is 0 Å². The van der Waals surface area contributed by atoms with E-state index in [1.54, 1.807) is 0 Å². The maximum absolute atomic E-state index is 12.3. The molecule has 1 fully saturated rings. The average molecular weight is 337 g/mol. The normalized spacial score (nSPS) is 15.8. The lowest BCUT2D eigenvalue weighted by Gasteiger charge is -2.25. The Labute approximate surface area is 147 Å². The summed E-state index contributed by atoms with van der Waals surface area (Å²) in [6, 6.07) is 12.8. The zero-order valence-electron chi connectivity index (χ0n) is 14.7. The summed E-state index contributed by atoms with van der Waals surface area (Å²) >= 11 is 0. The zero-order chi connectivity index (χ0) is 17.4. The Morgan fingerprint density at radius 3 is 2.72 bits per heavy atom. The highest BCUT2D eigenvalue weighted by Crippen LogP contribution is 2.37. The minimum absolute atomic E-state index is 0.253. The molecule has 0 unspecified atom stereocenters. The Morgan fingerprint density at radius 1 is 1.20 bits per heavy atom. The number of fused-ring (bicyclic) bond motifs is 3. The van der Waals surface area contributed by atoms with E-state index in [1.165, 1.54) is 16.3 Å². The number of nitrogens with zero attached hydrogens (tertiary/aromatic N) is 1. The molecule has 0 radical (unpaired) electrons. The third-order valence-corrected chi connectivity index (χ3v) is 5.07. The van der Waals surface area contributed by atoms with Gasteiger partial charge in [0, 0.05) is 35.5 Å². The highest BCUT2D eigenvalue weighted by atomic mass is 16.5. The van der Waals surface area contributed by atoms with E-state index in [9.17, 15) is 4.79 Å². The van der Waals surface area contributed by atoms with Crippen LogP contribution >= 0.6 is 0 Å². The maximum atomic E-state index is 12.3. The monoisotopic (exact) mass is 337 g/mol. The first-order valence-corrected chi connectivity index (χ1v) is 8.99. The summed E-state index contributed by atoms with van der Waals surface area (Å²) in [5.74, 6) is -0.253. The van der Waals surface area contributed by atoms with Gasteiger partial charge in [-0.3, -0.25) is 0 Å². The van der Waals surface area contributed by atoms with E-state index in [0.29, 0.717) is 18.2 Å². The maximum Gasteiger partial charge on any atom is 0.338 e. The predicted octanol–water partition coefficient (Wildman–Crippen LogP) is 4.63. The van der Waals surface area contributed by atoms with Crippen LogP contribution in [0.2, 0.25) is 0 Å². The van der Waals surface area contributed by atoms with Crippen molar-refractivity contribution < 1.29 is 14.3 Å². The smallest absolute Gasteiger partial charge is 0.338 e. The zero-order valence-corrected chi connectivity index (χ0v) is 14.7. The first-order valence-electron chi connectivity index (χ1n) is 8.99. The second-order valence-corrected chi connectivity index (χ2v) is 6.64. The van der Waals surface area contributed by atoms with E-state index in [2.05, 4.69) is 35.8 Å². The Bertz CT molecular complexity index is 935. The molecule has 130 valence electrons. The molecule has 0 aliphatic carbocycles. The summed E-state index contributed by atoms with van der Waals surface area (Å²) in [5, 5.41) is 2.48. The third-order valence-electron chi connectivity index (χ3n) is 5.07. The van der Waals surface area contributed by atoms with Gasteiger partial charge in [0.25, 0.3) is 0 Å². The van der Waals surface area contributed by atoms with Crippen molar-refractivity contribution in [1.82, 2.24) is 4.57 Å². The van der Waals surface area contributed by atoms with E-state index in [0.717, 1.165) is 37.1 Å². The van der Waals surface area contributed by atoms with Crippen LogP contribution in [0.4, 0.5) is 0 Å². The fourth-order valence-corrected chi connectivity index (χ4v) is 4.00. The molecule has 0 saturated carbocycles. The van der Waals surface area contributed by atoms with Crippen LogP contribution in [0, 0.1) is 6.92 Å². The van der Waals surface area contributed by atoms with Crippen LogP contribution in [0.5, 0.6) is 0 Å². The van der Waals surface area contributed by atoms with Crippen LogP contribution in [0.3, 0.4) is 0 Å². The van der Waals surface area contributed by atoms with Gasteiger partial charge in [0.05, 0.1) is 17.7 Å². The Balaban J connectivity index is 2.00. The van der Waals surface area contributed by atoms with Crippen molar-refractivity contribution in [2.75, 3.05) is 19.8 Å². The first kappa shape index (κ1) is 16.2. The van der Waals surface area contributed by atoms with Crippen LogP contribution in [-0.4, -0.2) is 30.4 Å². The molecule has 2 aromatic carbocycles. The van der Waals surface area contributed by atoms with Gasteiger partial charge in [-0.25, -0.2) is 4.79 Å². The van der Waals surface area contributed by atoms with Gasteiger partial charge < -0.3 is 14.0 Å². The number of hydrogen-bond acceptors (Lipinski definition) is 3. The molecule has 4 nitrogen and oxygen atoms in total. The van der Waals surface area contributed by atoms with Gasteiger partial charge in [-0.15, -0.1) is 0 Å². The standard InChI is InChI=1S/C21H23NO3/c1-3-25-21(23)15-12-14(2)20-17-6-4-5-7-18(17)22(19(20)13-15)16-8-10-24-11-9-16/h4-7,12-13,16H,3,8-11H2,1-2H3. The van der Waals surface area contributed by atoms with E-state index in [1.807, 2.05) is 19.1 Å². The summed E-state index contributed by atoms with van der Waals surface area (Å²) in [6.07, 6.45) is 1.99. The van der Waals surface area contributed by atoms with Crippen molar-refractivity contribution in [2.24, 2.45) is 0 Å². The van der Waals surface area contributed by atoms with Crippen molar-refractivity contribution in [3.8, 4) is 0 Å². The van der Waals surface area contributed by atoms with Gasteiger partial charge >= 0.3 is 5.97 Å². The fourth-order valence-electron chi connectivity index (χ4n) is 4.00. The molecule has 0 amide bonds. The number of rotatable bonds is 3. The predicted molar refractivity (Wildman–Crippen MR) is 99.2 cm³/mol. The SMILES string of the molecule is CCOC(=O)c1cc(C)c2c3ccccc3n(C3CCOCC3)c2c1. The van der Waals surface area contributed by atoms with E-state index >= 15 is 0 Å². The lowest BCUT2D eigenvalue weighted by molar-refractivity contribution is 0.0526. The molecule has 4 rings (SSSR count). The topological polar surface area (TPSA) is 40.5 Å². The van der Waals surface area contributed by atoms with E-state index in [4.69, 9.17) is 9.47 Å². The van der Waals surface area contributed by atoms with Crippen molar-refractivity contribution in [2.45, 2.75) is 32.7 Å². The number of aryl methyl sites for hydroxylation is 1. The number of para-hydroxylation sites is 1. The molecule has 4 heteroatoms. The molecule has 1 aliphatic rings. The Morgan fingerprint density at radius 2 is 1.96 bits per heavy atom. The Hall–Kier alpha value is -2.33. The molecule has 0 atom stereocenters. The van der Waals surface area contributed by atoms with Gasteiger partial charge in [-0.2, -0.15) is 0 Å². The molecule has 1 aliphatic heterocycles. The average Bonchev–Trinajstić information content (AvgIpc) is 2.97. The highest BCUT2D eigenvalue weighted by Gasteiger charge is 2.23. The number of ether oxygens (including phenoxy) is 2. The van der Waals surface area contributed by atoms with Crippen molar-refractivity contribution >= 4 is 27.8 Å². The summed E-state index contributed by atoms with van der Waals surface area (Å²) in [4.78, 5) is 12.3. The fraction of sp³-hybridized carbons (Fsp3) is 0.381. The quantitative estimate of drug-likeness (QED) is 0.654. The molecule has 0 bridgehead atoms. The van der Waals surface area contributed by atoms with Crippen LogP contribution in [0.25, 0.3) is 21.8 Å². The molecular formula is C21H23NO3. The van der Waals surface area contributed by atoms with Crippen LogP contribution in [0.15, 0.2) is 36.4 Å². The minimum Gasteiger partial charge on any atom is -0.462 e. The molecule has 0 spiro atoms. The van der Waals surface area contributed by atoms with E-state index < -0.39 is 0 Å². The van der Waals surface area contributed by atoms with E-state index in [-0.39, 0.29) is 5.97 Å². The molecule has 3 aromatic rings. The summed E-state index contributed by atoms with van der Waals surface area (Å²) in [6.45, 7) is 5.87. The number of aromatic nitrogens is 1. The largest absolute Gasteiger partial charge is 0.462 e. The number of benzene rings is 2. The molecular weight excluding hydrogens is 314 g/mol. The lowest BCUT2D eigenvalue weighted by atomic mass is 10.0. The van der Waals surface area contributed by atoms with Crippen molar-refractivity contribution in [3.05, 3.63) is 47.5 Å². The lowest BCUT2D eigenvalue weighted by Crippen LogP contribution is -2.19. The first-order chi connectivity index (χ1) is 12.2. The van der Waals surface area contributed by atoms with Crippen molar-refractivity contribution in [1.29, 1.82) is 0 Å². The van der Waals surface area contributed by atoms with Gasteiger partial charge in [-0.05, 0) is 50.5 Å². The summed E-state index contributed by atoms with van der Waals surface area (Å²) < 4.78 is 13.2. The number of carbonyl (C=O) groups is 1. The van der Waals surface area contributed by atoms with Crippen LogP contribution < -0.4 is 0 Å². The van der Waals surface area contributed by atoms with Gasteiger partial charge in [0.15, 0.2) is 0 Å². The highest BCUT2D eigenvalue weighted by molar-refractivity contribution is 6.11. The van der Waals surface area contributed by atoms with Gasteiger partial charge in [-0.1, -0.05) is 18.2 Å². The summed E-state index contributed by atoms with van der Waals surface area (Å²) in [7, 11) is 0. The number of hydrogen-bond donors (Lipinski definition) is 0. The second-order valence-electron chi connectivity index (χ2n) is 6.64. The van der Waals surface area contributed by atoms with Crippen LogP contribution in [-0.2, 0) is 9.47 Å². The summed E-state index contributed by atoms with van der Waals surface area (Å²) in [5.41, 5.74) is 4.09. The van der Waals surface area contributed by atoms with Crippen LogP contribution in [0.1, 0.15) is 41.7 Å². The minimum atomic E-state index is -0.253. The Kier molecular flexibility index (Phi) is 4.22. The third kappa shape index (κ3) is 2.71. The molecule has 0 N–H and O–H groups in total.